The molecule has 2 N–H and O–H groups in total. The minimum Gasteiger partial charge on any atom is -0.494 e. The van der Waals surface area contributed by atoms with Gasteiger partial charge in [0.1, 0.15) is 5.75 Å². The van der Waals surface area contributed by atoms with Crippen molar-refractivity contribution >= 4 is 0 Å². The van der Waals surface area contributed by atoms with E-state index >= 15 is 0 Å². The number of aryl methyl sites for hydroxylation is 1. The Labute approximate surface area is 103 Å². The molecule has 3 heteroatoms. The van der Waals surface area contributed by atoms with Gasteiger partial charge in [-0.2, -0.15) is 0 Å². The molecule has 1 aromatic rings. The first-order chi connectivity index (χ1) is 8.31. The highest BCUT2D eigenvalue weighted by Crippen LogP contribution is 2.31. The van der Waals surface area contributed by atoms with Crippen LogP contribution in [-0.2, 0) is 11.2 Å². The lowest BCUT2D eigenvalue weighted by molar-refractivity contribution is 0.184. The zero-order chi connectivity index (χ0) is 12.1. The molecule has 0 unspecified atom stereocenters. The van der Waals surface area contributed by atoms with Gasteiger partial charge in [0, 0.05) is 19.8 Å². The fourth-order valence-electron chi connectivity index (χ4n) is 2.26. The number of methoxy groups -OCH3 is 1. The van der Waals surface area contributed by atoms with Crippen molar-refractivity contribution in [3.63, 3.8) is 0 Å². The fourth-order valence-corrected chi connectivity index (χ4v) is 2.26. The molecule has 2 rings (SSSR count). The highest BCUT2D eigenvalue weighted by atomic mass is 16.5. The van der Waals surface area contributed by atoms with Crippen LogP contribution in [0.1, 0.15) is 36.4 Å². The first kappa shape index (κ1) is 12.4. The predicted octanol–water partition coefficient (Wildman–Crippen LogP) is 2.44. The minimum atomic E-state index is 0.223. The average Bonchev–Trinajstić information content (AvgIpc) is 2.71. The van der Waals surface area contributed by atoms with E-state index in [9.17, 15) is 0 Å². The number of benzene rings is 1. The Morgan fingerprint density at radius 1 is 1.29 bits per heavy atom. The maximum Gasteiger partial charge on any atom is 0.119 e. The molecule has 0 saturated heterocycles. The standard InChI is InChI=1S/C14H21NO2/c1-16-8-2-3-9-17-12-5-6-13-11(10-12)4-7-14(13)15/h5-6,10,14H,2-4,7-9,15H2,1H3/t14-/m0/s1. The molecule has 1 aliphatic carbocycles. The van der Waals surface area contributed by atoms with E-state index in [2.05, 4.69) is 12.1 Å². The molecule has 0 amide bonds. The van der Waals surface area contributed by atoms with Crippen LogP contribution in [0.2, 0.25) is 0 Å². The number of nitrogens with two attached hydrogens (primary N) is 1. The maximum absolute atomic E-state index is 6.00. The van der Waals surface area contributed by atoms with Crippen molar-refractivity contribution in [2.45, 2.75) is 31.7 Å². The number of rotatable bonds is 6. The molecular weight excluding hydrogens is 214 g/mol. The molecule has 0 saturated carbocycles. The average molecular weight is 235 g/mol. The summed E-state index contributed by atoms with van der Waals surface area (Å²) >= 11 is 0. The normalized spacial score (nSPS) is 18.1. The van der Waals surface area contributed by atoms with E-state index in [1.807, 2.05) is 6.07 Å². The van der Waals surface area contributed by atoms with E-state index in [1.165, 1.54) is 11.1 Å². The molecule has 0 fully saturated rings. The molecule has 3 nitrogen and oxygen atoms in total. The monoisotopic (exact) mass is 235 g/mol. The summed E-state index contributed by atoms with van der Waals surface area (Å²) in [5.74, 6) is 0.968. The van der Waals surface area contributed by atoms with Crippen molar-refractivity contribution in [1.29, 1.82) is 0 Å². The summed E-state index contributed by atoms with van der Waals surface area (Å²) in [7, 11) is 1.73. The number of unbranched alkanes of at least 4 members (excludes halogenated alkanes) is 1. The summed E-state index contributed by atoms with van der Waals surface area (Å²) in [6.45, 7) is 1.57. The van der Waals surface area contributed by atoms with E-state index in [1.54, 1.807) is 7.11 Å². The molecule has 0 heterocycles. The van der Waals surface area contributed by atoms with Crippen LogP contribution in [0.3, 0.4) is 0 Å². The Kier molecular flexibility index (Phi) is 4.40. The third-order valence-corrected chi connectivity index (χ3v) is 3.25. The van der Waals surface area contributed by atoms with Crippen LogP contribution in [0.25, 0.3) is 0 Å². The van der Waals surface area contributed by atoms with Crippen molar-refractivity contribution in [3.8, 4) is 5.75 Å². The van der Waals surface area contributed by atoms with Crippen LogP contribution >= 0.6 is 0 Å². The smallest absolute Gasteiger partial charge is 0.119 e. The Hall–Kier alpha value is -1.06. The predicted molar refractivity (Wildman–Crippen MR) is 68.3 cm³/mol. The molecule has 0 aliphatic heterocycles. The number of hydrogen-bond acceptors (Lipinski definition) is 3. The first-order valence-corrected chi connectivity index (χ1v) is 6.31. The second kappa shape index (κ2) is 6.03. The molecular formula is C14H21NO2. The summed E-state index contributed by atoms with van der Waals surface area (Å²) in [5.41, 5.74) is 8.64. The molecule has 94 valence electrons. The van der Waals surface area contributed by atoms with Crippen molar-refractivity contribution in [2.24, 2.45) is 5.73 Å². The molecule has 1 atom stereocenters. The Morgan fingerprint density at radius 2 is 2.12 bits per heavy atom. The van der Waals surface area contributed by atoms with Crippen LogP contribution in [0.15, 0.2) is 18.2 Å². The van der Waals surface area contributed by atoms with Crippen molar-refractivity contribution < 1.29 is 9.47 Å². The van der Waals surface area contributed by atoms with Crippen molar-refractivity contribution in [1.82, 2.24) is 0 Å². The topological polar surface area (TPSA) is 44.5 Å². The molecule has 17 heavy (non-hydrogen) atoms. The van der Waals surface area contributed by atoms with Gasteiger partial charge < -0.3 is 15.2 Å². The summed E-state index contributed by atoms with van der Waals surface area (Å²) in [5, 5.41) is 0. The molecule has 1 aromatic carbocycles. The van der Waals surface area contributed by atoms with Gasteiger partial charge in [0.15, 0.2) is 0 Å². The van der Waals surface area contributed by atoms with Crippen LogP contribution in [0, 0.1) is 0 Å². The largest absolute Gasteiger partial charge is 0.494 e. The Morgan fingerprint density at radius 3 is 2.94 bits per heavy atom. The lowest BCUT2D eigenvalue weighted by atomic mass is 10.1. The number of hydrogen-bond donors (Lipinski definition) is 1. The number of ether oxygens (including phenoxy) is 2. The minimum absolute atomic E-state index is 0.223. The maximum atomic E-state index is 6.00. The zero-order valence-corrected chi connectivity index (χ0v) is 10.4. The summed E-state index contributed by atoms with van der Waals surface area (Å²) in [6.07, 6.45) is 4.22. The molecule has 0 spiro atoms. The van der Waals surface area contributed by atoms with Crippen LogP contribution in [0.4, 0.5) is 0 Å². The molecule has 0 radical (unpaired) electrons. The summed E-state index contributed by atoms with van der Waals surface area (Å²) in [4.78, 5) is 0. The van der Waals surface area contributed by atoms with E-state index in [-0.39, 0.29) is 6.04 Å². The fraction of sp³-hybridized carbons (Fsp3) is 0.571. The molecule has 0 aromatic heterocycles. The summed E-state index contributed by atoms with van der Waals surface area (Å²) in [6, 6.07) is 6.50. The van der Waals surface area contributed by atoms with Gasteiger partial charge in [0.2, 0.25) is 0 Å². The van der Waals surface area contributed by atoms with Gasteiger partial charge in [0.05, 0.1) is 6.61 Å². The van der Waals surface area contributed by atoms with Crippen LogP contribution in [0.5, 0.6) is 5.75 Å². The second-order valence-electron chi connectivity index (χ2n) is 4.55. The highest BCUT2D eigenvalue weighted by Gasteiger charge is 2.18. The molecule has 0 bridgehead atoms. The van der Waals surface area contributed by atoms with Crippen molar-refractivity contribution in [3.05, 3.63) is 29.3 Å². The summed E-state index contributed by atoms with van der Waals surface area (Å²) < 4.78 is 10.7. The zero-order valence-electron chi connectivity index (χ0n) is 10.4. The van der Waals surface area contributed by atoms with Gasteiger partial charge >= 0.3 is 0 Å². The van der Waals surface area contributed by atoms with E-state index in [0.717, 1.165) is 44.6 Å². The third kappa shape index (κ3) is 3.20. The lowest BCUT2D eigenvalue weighted by Crippen LogP contribution is -2.05. The highest BCUT2D eigenvalue weighted by molar-refractivity contribution is 5.40. The first-order valence-electron chi connectivity index (χ1n) is 6.31. The van der Waals surface area contributed by atoms with Gasteiger partial charge in [-0.25, -0.2) is 0 Å². The quantitative estimate of drug-likeness (QED) is 0.770. The second-order valence-corrected chi connectivity index (χ2v) is 4.55. The van der Waals surface area contributed by atoms with Crippen LogP contribution in [-0.4, -0.2) is 20.3 Å². The van der Waals surface area contributed by atoms with E-state index < -0.39 is 0 Å². The molecule has 1 aliphatic rings. The SMILES string of the molecule is COCCCCOc1ccc2c(c1)CC[C@@H]2N. The van der Waals surface area contributed by atoms with Gasteiger partial charge in [-0.05, 0) is 48.9 Å². The lowest BCUT2D eigenvalue weighted by Gasteiger charge is -2.09. The Balaban J connectivity index is 1.82. The van der Waals surface area contributed by atoms with E-state index in [4.69, 9.17) is 15.2 Å². The third-order valence-electron chi connectivity index (χ3n) is 3.25. The number of fused-ring (bicyclic) bond motifs is 1. The van der Waals surface area contributed by atoms with Gasteiger partial charge in [0.25, 0.3) is 0 Å². The van der Waals surface area contributed by atoms with Crippen LogP contribution < -0.4 is 10.5 Å². The van der Waals surface area contributed by atoms with Gasteiger partial charge in [-0.3, -0.25) is 0 Å². The van der Waals surface area contributed by atoms with E-state index in [0.29, 0.717) is 0 Å². The Bertz CT molecular complexity index is 365. The van der Waals surface area contributed by atoms with Crippen molar-refractivity contribution in [2.75, 3.05) is 20.3 Å². The van der Waals surface area contributed by atoms with Gasteiger partial charge in [-0.15, -0.1) is 0 Å². The van der Waals surface area contributed by atoms with Gasteiger partial charge in [-0.1, -0.05) is 6.07 Å².